The maximum Gasteiger partial charge on any atom is 0.340 e. The Balaban J connectivity index is 0.000000962. The molecule has 1 aromatic heterocycles. The lowest BCUT2D eigenvalue weighted by atomic mass is 9.92. The number of carbonyl (C=O) groups is 3. The van der Waals surface area contributed by atoms with Gasteiger partial charge in [0.15, 0.2) is 17.9 Å². The van der Waals surface area contributed by atoms with Crippen molar-refractivity contribution in [1.82, 2.24) is 15.8 Å². The number of ether oxygens (including phenoxy) is 2. The van der Waals surface area contributed by atoms with Gasteiger partial charge < -0.3 is 14.9 Å². The summed E-state index contributed by atoms with van der Waals surface area (Å²) in [6, 6.07) is 9.40. The third kappa shape index (κ3) is 9.24. The lowest BCUT2D eigenvalue weighted by Gasteiger charge is -2.26. The van der Waals surface area contributed by atoms with Gasteiger partial charge in [0.2, 0.25) is 6.41 Å². The van der Waals surface area contributed by atoms with E-state index < -0.39 is 5.97 Å². The minimum atomic E-state index is -0.507. The number of hydrogen-bond acceptors (Lipinski definition) is 8. The highest BCUT2D eigenvalue weighted by atomic mass is 16.5. The Morgan fingerprint density at radius 1 is 1.12 bits per heavy atom. The van der Waals surface area contributed by atoms with Gasteiger partial charge in [0.25, 0.3) is 0 Å². The van der Waals surface area contributed by atoms with Crippen molar-refractivity contribution >= 4 is 30.3 Å². The number of aryl methyl sites for hydroxylation is 1. The number of aliphatic imine (C=N–C) groups is 1. The van der Waals surface area contributed by atoms with Crippen molar-refractivity contribution in [2.24, 2.45) is 4.99 Å². The van der Waals surface area contributed by atoms with E-state index in [-0.39, 0.29) is 6.61 Å². The number of rotatable bonds is 13. The molecule has 1 aromatic carbocycles. The number of anilines is 1. The fourth-order valence-corrected chi connectivity index (χ4v) is 3.79. The molecular weight excluding hydrogens is 534 g/mol. The van der Waals surface area contributed by atoms with Crippen LogP contribution in [0.15, 0.2) is 96.4 Å². The number of pyridine rings is 1. The molecule has 0 saturated carbocycles. The summed E-state index contributed by atoms with van der Waals surface area (Å²) in [7, 11) is 4.74. The highest BCUT2D eigenvalue weighted by Crippen LogP contribution is 2.36. The lowest BCUT2D eigenvalue weighted by Crippen LogP contribution is -2.37. The highest BCUT2D eigenvalue weighted by Gasteiger charge is 2.30. The van der Waals surface area contributed by atoms with E-state index in [1.54, 1.807) is 46.2 Å². The van der Waals surface area contributed by atoms with Gasteiger partial charge in [-0.15, -0.1) is 0 Å². The molecule has 2 aromatic rings. The number of methoxy groups -OCH3 is 1. The van der Waals surface area contributed by atoms with Crippen LogP contribution >= 0.6 is 0 Å². The molecule has 0 bridgehead atoms. The number of benzene rings is 1. The first-order chi connectivity index (χ1) is 20.3. The summed E-state index contributed by atoms with van der Waals surface area (Å²) in [5.74, 6) is 0.473. The molecule has 1 heterocycles. The number of aldehydes is 1. The van der Waals surface area contributed by atoms with Gasteiger partial charge in [0.05, 0.1) is 30.5 Å². The summed E-state index contributed by atoms with van der Waals surface area (Å²) in [5.41, 5.74) is 8.90. The molecule has 0 radical (unpaired) electrons. The molecule has 10 nitrogen and oxygen atoms in total. The van der Waals surface area contributed by atoms with Crippen LogP contribution in [0.25, 0.3) is 11.1 Å². The number of aromatic nitrogens is 1. The molecule has 0 aliphatic carbocycles. The van der Waals surface area contributed by atoms with E-state index in [2.05, 4.69) is 33.7 Å². The van der Waals surface area contributed by atoms with Crippen molar-refractivity contribution in [3.05, 3.63) is 108 Å². The third-order valence-corrected chi connectivity index (χ3v) is 5.48. The second-order valence-electron chi connectivity index (χ2n) is 8.11. The fourth-order valence-electron chi connectivity index (χ4n) is 3.79. The molecule has 10 heteroatoms. The van der Waals surface area contributed by atoms with Crippen molar-refractivity contribution in [2.45, 2.75) is 20.8 Å². The van der Waals surface area contributed by atoms with E-state index >= 15 is 0 Å². The van der Waals surface area contributed by atoms with Crippen LogP contribution in [0.1, 0.15) is 35.5 Å². The lowest BCUT2D eigenvalue weighted by molar-refractivity contribution is -0.108. The monoisotopic (exact) mass is 573 g/mol. The quantitative estimate of drug-likeness (QED) is 0.0510. The standard InChI is InChI=1S/C26H31N5O3.C6H8O2/c1-7-13-20(14-8-2)31(17-32)25-23(24(27-5)30-28-6)22(19-15-11-10-12-16-19)21(18(4)29-25)26(33)34-9-3;1-3-4-6(5-7)8-2/h7-8,10-17,28H,1,9H2,2-6H3,(H,27,30);3-5H,1H2,2H3/b14-8-,20-13+;6-4-. The number of nitrogens with one attached hydrogen (secondary N) is 2. The first-order valence-corrected chi connectivity index (χ1v) is 13.0. The normalized spacial score (nSPS) is 11.6. The average Bonchev–Trinajstić information content (AvgIpc) is 3.00. The molecule has 0 aliphatic rings. The van der Waals surface area contributed by atoms with Gasteiger partial charge in [-0.2, -0.15) is 0 Å². The van der Waals surface area contributed by atoms with Gasteiger partial charge in [0, 0.05) is 25.4 Å². The van der Waals surface area contributed by atoms with Crippen LogP contribution in [-0.2, 0) is 19.1 Å². The maximum atomic E-state index is 13.1. The summed E-state index contributed by atoms with van der Waals surface area (Å²) in [5, 5.41) is 0. The van der Waals surface area contributed by atoms with E-state index in [0.717, 1.165) is 5.56 Å². The number of amides is 1. The van der Waals surface area contributed by atoms with Crippen LogP contribution in [0.2, 0.25) is 0 Å². The molecular formula is C32H39N5O5. The van der Waals surface area contributed by atoms with E-state index in [0.29, 0.717) is 58.2 Å². The van der Waals surface area contributed by atoms with Crippen LogP contribution in [0.4, 0.5) is 5.82 Å². The number of amidine groups is 1. The number of hydrogen-bond donors (Lipinski definition) is 2. The van der Waals surface area contributed by atoms with Crippen molar-refractivity contribution in [3.8, 4) is 11.1 Å². The van der Waals surface area contributed by atoms with Crippen molar-refractivity contribution in [2.75, 3.05) is 32.7 Å². The minimum Gasteiger partial charge on any atom is -0.493 e. The second-order valence-corrected chi connectivity index (χ2v) is 8.11. The van der Waals surface area contributed by atoms with Crippen LogP contribution in [-0.4, -0.2) is 57.3 Å². The third-order valence-electron chi connectivity index (χ3n) is 5.48. The second kappa shape index (κ2) is 19.1. The molecule has 0 spiro atoms. The van der Waals surface area contributed by atoms with Crippen LogP contribution < -0.4 is 15.8 Å². The SMILES string of the molecule is C=C/C=C(/C=O)OC.C=C/C=C(\C=C/C)N(C=O)c1nc(C)c(C(=O)OCC)c(-c2ccccc2)c1C(=NC)NNC. The van der Waals surface area contributed by atoms with Gasteiger partial charge >= 0.3 is 5.97 Å². The zero-order valence-corrected chi connectivity index (χ0v) is 25.0. The Labute approximate surface area is 247 Å². The molecule has 1 amide bonds. The van der Waals surface area contributed by atoms with E-state index in [1.807, 2.05) is 43.3 Å². The first-order valence-electron chi connectivity index (χ1n) is 13.0. The van der Waals surface area contributed by atoms with Gasteiger partial charge in [-0.25, -0.2) is 15.2 Å². The zero-order valence-electron chi connectivity index (χ0n) is 25.0. The van der Waals surface area contributed by atoms with E-state index in [1.165, 1.54) is 24.2 Å². The Bertz CT molecular complexity index is 1360. The zero-order chi connectivity index (χ0) is 31.5. The topological polar surface area (TPSA) is 122 Å². The molecule has 0 unspecified atom stereocenters. The molecule has 2 rings (SSSR count). The Morgan fingerprint density at radius 2 is 1.79 bits per heavy atom. The fraction of sp³-hybridized carbons (Fsp3) is 0.219. The molecule has 222 valence electrons. The summed E-state index contributed by atoms with van der Waals surface area (Å²) in [6.07, 6.45) is 11.2. The minimum absolute atomic E-state index is 0.209. The summed E-state index contributed by atoms with van der Waals surface area (Å²) >= 11 is 0. The van der Waals surface area contributed by atoms with Crippen molar-refractivity contribution in [3.63, 3.8) is 0 Å². The molecule has 2 N–H and O–H groups in total. The Morgan fingerprint density at radius 3 is 2.24 bits per heavy atom. The van der Waals surface area contributed by atoms with Gasteiger partial charge in [0.1, 0.15) is 5.84 Å². The summed E-state index contributed by atoms with van der Waals surface area (Å²) < 4.78 is 9.94. The van der Waals surface area contributed by atoms with E-state index in [9.17, 15) is 14.4 Å². The number of esters is 1. The maximum absolute atomic E-state index is 13.1. The molecule has 0 fully saturated rings. The van der Waals surface area contributed by atoms with Crippen molar-refractivity contribution < 1.29 is 23.9 Å². The number of hydrazine groups is 1. The van der Waals surface area contributed by atoms with Crippen molar-refractivity contribution in [1.29, 1.82) is 0 Å². The number of carbonyl (C=O) groups excluding carboxylic acids is 3. The molecule has 0 saturated heterocycles. The smallest absolute Gasteiger partial charge is 0.340 e. The predicted molar refractivity (Wildman–Crippen MR) is 168 cm³/mol. The van der Waals surface area contributed by atoms with Gasteiger partial charge in [-0.1, -0.05) is 61.7 Å². The largest absolute Gasteiger partial charge is 0.493 e. The first kappa shape index (κ1) is 34.9. The molecule has 0 aliphatic heterocycles. The number of nitrogens with zero attached hydrogens (tertiary/aromatic N) is 3. The number of allylic oxidation sites excluding steroid dienone is 7. The molecule has 0 atom stereocenters. The molecule has 42 heavy (non-hydrogen) atoms. The Kier molecular flexibility index (Phi) is 15.9. The average molecular weight is 574 g/mol. The van der Waals surface area contributed by atoms with Gasteiger partial charge in [-0.3, -0.25) is 19.5 Å². The Hall–Kier alpha value is -5.09. The van der Waals surface area contributed by atoms with Gasteiger partial charge in [-0.05, 0) is 44.6 Å². The summed E-state index contributed by atoms with van der Waals surface area (Å²) in [6.45, 7) is 12.7. The highest BCUT2D eigenvalue weighted by molar-refractivity contribution is 6.14. The van der Waals surface area contributed by atoms with Crippen LogP contribution in [0, 0.1) is 6.92 Å². The predicted octanol–water partition coefficient (Wildman–Crippen LogP) is 4.84. The van der Waals surface area contributed by atoms with Crippen LogP contribution in [0.5, 0.6) is 0 Å². The summed E-state index contributed by atoms with van der Waals surface area (Å²) in [4.78, 5) is 45.9. The van der Waals surface area contributed by atoms with E-state index in [4.69, 9.17) is 9.72 Å². The van der Waals surface area contributed by atoms with Crippen LogP contribution in [0.3, 0.4) is 0 Å².